The fourth-order valence-corrected chi connectivity index (χ4v) is 4.17. The van der Waals surface area contributed by atoms with Crippen LogP contribution in [0.15, 0.2) is 48.5 Å². The second-order valence-corrected chi connectivity index (χ2v) is 8.21. The number of nitrogens with zero attached hydrogens (tertiary/aromatic N) is 1. The van der Waals surface area contributed by atoms with Gasteiger partial charge in [0.1, 0.15) is 11.4 Å². The van der Waals surface area contributed by atoms with E-state index in [0.717, 1.165) is 32.5 Å². The van der Waals surface area contributed by atoms with Gasteiger partial charge in [-0.15, -0.1) is 0 Å². The van der Waals surface area contributed by atoms with Gasteiger partial charge in [-0.1, -0.05) is 35.9 Å². The number of rotatable bonds is 4. The Hall–Kier alpha value is -2.96. The van der Waals surface area contributed by atoms with E-state index >= 15 is 0 Å². The second-order valence-electron chi connectivity index (χ2n) is 8.21. The molecule has 0 unspecified atom stereocenters. The van der Waals surface area contributed by atoms with Crippen molar-refractivity contribution in [3.63, 3.8) is 0 Å². The van der Waals surface area contributed by atoms with Crippen LogP contribution in [0.25, 0.3) is 6.08 Å². The molecule has 1 fully saturated rings. The molecule has 6 heteroatoms. The van der Waals surface area contributed by atoms with E-state index in [1.807, 2.05) is 0 Å². The number of piperidine rings is 1. The predicted molar refractivity (Wildman–Crippen MR) is 113 cm³/mol. The molecule has 2 N–H and O–H groups in total. The van der Waals surface area contributed by atoms with Crippen LogP contribution in [0, 0.1) is 6.92 Å². The van der Waals surface area contributed by atoms with Gasteiger partial charge in [-0.2, -0.15) is 0 Å². The van der Waals surface area contributed by atoms with Crippen LogP contribution >= 0.6 is 0 Å². The molecule has 1 amide bonds. The lowest BCUT2D eigenvalue weighted by molar-refractivity contribution is -0.124. The van der Waals surface area contributed by atoms with Gasteiger partial charge in [-0.25, -0.2) is 5.48 Å². The van der Waals surface area contributed by atoms with Gasteiger partial charge in [0.05, 0.1) is 12.0 Å². The van der Waals surface area contributed by atoms with Crippen molar-refractivity contribution in [1.29, 1.82) is 0 Å². The summed E-state index contributed by atoms with van der Waals surface area (Å²) in [4.78, 5) is 26.4. The number of carbonyl (C=O) groups excluding carboxylic acids is 2. The third kappa shape index (κ3) is 4.45. The van der Waals surface area contributed by atoms with Crippen molar-refractivity contribution in [2.45, 2.75) is 38.3 Å². The Labute approximate surface area is 176 Å². The SMILES string of the molecule is Cc1ccc(CN2CCC3(CC2)CC(=O)c2cc(/C=C/C(=O)NO)ccc2O3)cc1. The Kier molecular flexibility index (Phi) is 5.70. The fraction of sp³-hybridized carbons (Fsp3) is 0.333. The number of fused-ring (bicyclic) bond motifs is 1. The van der Waals surface area contributed by atoms with Crippen LogP contribution in [0.2, 0.25) is 0 Å². The largest absolute Gasteiger partial charge is 0.486 e. The van der Waals surface area contributed by atoms with E-state index in [4.69, 9.17) is 9.94 Å². The van der Waals surface area contributed by atoms with E-state index in [-0.39, 0.29) is 5.78 Å². The summed E-state index contributed by atoms with van der Waals surface area (Å²) in [7, 11) is 0. The zero-order valence-corrected chi connectivity index (χ0v) is 17.1. The van der Waals surface area contributed by atoms with Gasteiger partial charge < -0.3 is 4.74 Å². The molecule has 2 aromatic carbocycles. The Bertz CT molecular complexity index is 973. The highest BCUT2D eigenvalue weighted by Gasteiger charge is 2.42. The fourth-order valence-electron chi connectivity index (χ4n) is 4.17. The van der Waals surface area contributed by atoms with Crippen molar-refractivity contribution in [3.05, 3.63) is 70.8 Å². The summed E-state index contributed by atoms with van der Waals surface area (Å²) in [5, 5.41) is 8.57. The van der Waals surface area contributed by atoms with Gasteiger partial charge in [0.25, 0.3) is 5.91 Å². The third-order valence-electron chi connectivity index (χ3n) is 5.94. The van der Waals surface area contributed by atoms with E-state index in [9.17, 15) is 9.59 Å². The lowest BCUT2D eigenvalue weighted by Crippen LogP contribution is -2.50. The highest BCUT2D eigenvalue weighted by atomic mass is 16.5. The quantitative estimate of drug-likeness (QED) is 0.462. The average molecular weight is 406 g/mol. The number of aryl methyl sites for hydroxylation is 1. The molecule has 2 heterocycles. The van der Waals surface area contributed by atoms with Crippen LogP contribution in [-0.2, 0) is 11.3 Å². The molecule has 0 atom stereocenters. The van der Waals surface area contributed by atoms with E-state index in [1.165, 1.54) is 17.2 Å². The second kappa shape index (κ2) is 8.42. The van der Waals surface area contributed by atoms with Gasteiger partial charge >= 0.3 is 0 Å². The number of hydroxylamine groups is 1. The van der Waals surface area contributed by atoms with Crippen LogP contribution in [0.3, 0.4) is 0 Å². The maximum Gasteiger partial charge on any atom is 0.267 e. The summed E-state index contributed by atoms with van der Waals surface area (Å²) in [5.74, 6) is 0.0683. The number of likely N-dealkylation sites (tertiary alicyclic amines) is 1. The van der Waals surface area contributed by atoms with Crippen molar-refractivity contribution in [1.82, 2.24) is 10.4 Å². The first-order valence-electron chi connectivity index (χ1n) is 10.2. The lowest BCUT2D eigenvalue weighted by atomic mass is 9.82. The molecule has 2 aromatic rings. The zero-order chi connectivity index (χ0) is 21.1. The molecule has 0 saturated carbocycles. The van der Waals surface area contributed by atoms with Gasteiger partial charge in [-0.3, -0.25) is 19.7 Å². The molecular weight excluding hydrogens is 380 g/mol. The minimum Gasteiger partial charge on any atom is -0.486 e. The van der Waals surface area contributed by atoms with E-state index in [1.54, 1.807) is 29.8 Å². The first-order chi connectivity index (χ1) is 14.5. The summed E-state index contributed by atoms with van der Waals surface area (Å²) in [6.45, 7) is 4.80. The third-order valence-corrected chi connectivity index (χ3v) is 5.94. The number of benzene rings is 2. The number of amides is 1. The number of carbonyl (C=O) groups is 2. The molecule has 4 rings (SSSR count). The molecule has 1 spiro atoms. The number of ether oxygens (including phenoxy) is 1. The molecule has 0 aliphatic carbocycles. The van der Waals surface area contributed by atoms with Crippen molar-refractivity contribution in [2.75, 3.05) is 13.1 Å². The normalized spacial score (nSPS) is 18.3. The van der Waals surface area contributed by atoms with E-state index < -0.39 is 11.5 Å². The highest BCUT2D eigenvalue weighted by Crippen LogP contribution is 2.40. The first kappa shape index (κ1) is 20.3. The standard InChI is InChI=1S/C24H26N2O4/c1-17-2-4-19(5-3-17)16-26-12-10-24(11-13-26)15-21(27)20-14-18(6-8-22(20)30-24)7-9-23(28)25-29/h2-9,14,29H,10-13,15-16H2,1H3,(H,25,28)/b9-7+. The van der Waals surface area contributed by atoms with E-state index in [2.05, 4.69) is 36.1 Å². The average Bonchev–Trinajstić information content (AvgIpc) is 2.75. The maximum atomic E-state index is 12.9. The molecule has 6 nitrogen and oxygen atoms in total. The number of Topliss-reactive ketones (excluding diaryl/α,β-unsaturated/α-hetero) is 1. The Balaban J connectivity index is 1.42. The van der Waals surface area contributed by atoms with Crippen molar-refractivity contribution in [2.24, 2.45) is 0 Å². The number of hydrogen-bond donors (Lipinski definition) is 2. The molecule has 0 aromatic heterocycles. The highest BCUT2D eigenvalue weighted by molar-refractivity contribution is 6.01. The van der Waals surface area contributed by atoms with Crippen LogP contribution in [-0.4, -0.2) is 40.5 Å². The van der Waals surface area contributed by atoms with Crippen molar-refractivity contribution >= 4 is 17.8 Å². The minimum atomic E-state index is -0.619. The predicted octanol–water partition coefficient (Wildman–Crippen LogP) is 3.51. The smallest absolute Gasteiger partial charge is 0.267 e. The molecular formula is C24H26N2O4. The maximum absolute atomic E-state index is 12.9. The number of hydrogen-bond acceptors (Lipinski definition) is 5. The number of ketones is 1. The van der Waals surface area contributed by atoms with Crippen molar-refractivity contribution in [3.8, 4) is 5.75 Å². The zero-order valence-electron chi connectivity index (χ0n) is 17.1. The van der Waals surface area contributed by atoms with Gasteiger partial charge in [0.15, 0.2) is 5.78 Å². The first-order valence-corrected chi connectivity index (χ1v) is 10.2. The van der Waals surface area contributed by atoms with Crippen LogP contribution < -0.4 is 10.2 Å². The summed E-state index contributed by atoms with van der Waals surface area (Å²) in [6, 6.07) is 14.0. The van der Waals surface area contributed by atoms with Crippen LogP contribution in [0.1, 0.15) is 46.3 Å². The Morgan fingerprint density at radius 3 is 2.63 bits per heavy atom. The van der Waals surface area contributed by atoms with Gasteiger partial charge in [-0.05, 0) is 36.3 Å². The topological polar surface area (TPSA) is 78.9 Å². The van der Waals surface area contributed by atoms with Gasteiger partial charge in [0.2, 0.25) is 0 Å². The summed E-state index contributed by atoms with van der Waals surface area (Å²) < 4.78 is 6.36. The summed E-state index contributed by atoms with van der Waals surface area (Å²) in [5.41, 5.74) is 4.94. The monoisotopic (exact) mass is 406 g/mol. The summed E-state index contributed by atoms with van der Waals surface area (Å²) >= 11 is 0. The lowest BCUT2D eigenvalue weighted by Gasteiger charge is -2.44. The minimum absolute atomic E-state index is 0.0742. The Morgan fingerprint density at radius 2 is 1.93 bits per heavy atom. The molecule has 0 radical (unpaired) electrons. The van der Waals surface area contributed by atoms with Crippen molar-refractivity contribution < 1.29 is 19.5 Å². The summed E-state index contributed by atoms with van der Waals surface area (Å²) in [6.07, 6.45) is 4.78. The molecule has 0 bridgehead atoms. The molecule has 1 saturated heterocycles. The van der Waals surface area contributed by atoms with Gasteiger partial charge in [0, 0.05) is 38.6 Å². The molecule has 30 heavy (non-hydrogen) atoms. The van der Waals surface area contributed by atoms with E-state index in [0.29, 0.717) is 23.3 Å². The molecule has 156 valence electrons. The molecule has 2 aliphatic rings. The molecule has 2 aliphatic heterocycles. The number of nitrogens with one attached hydrogen (secondary N) is 1. The van der Waals surface area contributed by atoms with Crippen LogP contribution in [0.5, 0.6) is 5.75 Å². The van der Waals surface area contributed by atoms with Crippen LogP contribution in [0.4, 0.5) is 0 Å². The Morgan fingerprint density at radius 1 is 1.20 bits per heavy atom.